The number of ether oxygens (including phenoxy) is 2. The van der Waals surface area contributed by atoms with Gasteiger partial charge >= 0.3 is 6.03 Å². The normalized spacial score (nSPS) is 14.3. The van der Waals surface area contributed by atoms with Crippen LogP contribution in [0.5, 0.6) is 11.5 Å². The quantitative estimate of drug-likeness (QED) is 0.157. The summed E-state index contributed by atoms with van der Waals surface area (Å²) in [5, 5.41) is 3.44. The molecule has 4 aromatic carbocycles. The summed E-state index contributed by atoms with van der Waals surface area (Å²) in [5.41, 5.74) is 2.38. The number of nitrogens with zero attached hydrogens (tertiary/aromatic N) is 1. The van der Waals surface area contributed by atoms with Gasteiger partial charge in [-0.15, -0.1) is 0 Å². The van der Waals surface area contributed by atoms with E-state index in [0.717, 1.165) is 16.0 Å². The molecule has 1 aliphatic rings. The van der Waals surface area contributed by atoms with Gasteiger partial charge in [0.05, 0.1) is 10.2 Å². The molecule has 0 atom stereocenters. The highest BCUT2D eigenvalue weighted by atomic mass is 79.9. The average molecular weight is 652 g/mol. The second kappa shape index (κ2) is 12.6. The Bertz CT molecular complexity index is 1670. The van der Waals surface area contributed by atoms with E-state index in [0.29, 0.717) is 38.2 Å². The Morgan fingerprint density at radius 3 is 2.34 bits per heavy atom. The van der Waals surface area contributed by atoms with Crippen molar-refractivity contribution >= 4 is 68.7 Å². The van der Waals surface area contributed by atoms with Crippen LogP contribution in [0, 0.1) is 0 Å². The number of carbonyl (C=O) groups excluding carboxylic acids is 3. The van der Waals surface area contributed by atoms with E-state index in [1.807, 2.05) is 36.4 Å². The lowest BCUT2D eigenvalue weighted by Gasteiger charge is -2.26. The Kier molecular flexibility index (Phi) is 8.73. The summed E-state index contributed by atoms with van der Waals surface area (Å²) in [4.78, 5) is 39.4. The largest absolute Gasteiger partial charge is 0.489 e. The van der Waals surface area contributed by atoms with E-state index >= 15 is 0 Å². The van der Waals surface area contributed by atoms with Crippen molar-refractivity contribution in [1.82, 2.24) is 5.32 Å². The molecule has 0 unspecified atom stereocenters. The molecular formula is C31H21BrCl2N2O5. The highest BCUT2D eigenvalue weighted by molar-refractivity contribution is 9.10. The summed E-state index contributed by atoms with van der Waals surface area (Å²) >= 11 is 15.7. The highest BCUT2D eigenvalue weighted by Crippen LogP contribution is 2.30. The predicted octanol–water partition coefficient (Wildman–Crippen LogP) is 7.58. The maximum absolute atomic E-state index is 13.3. The molecular weight excluding hydrogens is 631 g/mol. The number of barbiturate groups is 1. The van der Waals surface area contributed by atoms with Gasteiger partial charge in [0.2, 0.25) is 0 Å². The summed E-state index contributed by atoms with van der Waals surface area (Å²) in [7, 11) is 0. The second-order valence-electron chi connectivity index (χ2n) is 8.94. The minimum atomic E-state index is -0.840. The van der Waals surface area contributed by atoms with Gasteiger partial charge in [-0.05, 0) is 87.7 Å². The van der Waals surface area contributed by atoms with E-state index < -0.39 is 17.8 Å². The highest BCUT2D eigenvalue weighted by Gasteiger charge is 2.36. The number of rotatable bonds is 8. The van der Waals surface area contributed by atoms with Crippen molar-refractivity contribution < 1.29 is 23.9 Å². The maximum Gasteiger partial charge on any atom is 0.335 e. The number of nitrogens with one attached hydrogen (secondary N) is 1. The minimum absolute atomic E-state index is 0.192. The molecule has 1 N–H and O–H groups in total. The fourth-order valence-electron chi connectivity index (χ4n) is 4.04. The smallest absolute Gasteiger partial charge is 0.335 e. The number of hydrogen-bond donors (Lipinski definition) is 1. The Labute approximate surface area is 254 Å². The van der Waals surface area contributed by atoms with Gasteiger partial charge in [0.1, 0.15) is 30.3 Å². The first-order valence-electron chi connectivity index (χ1n) is 12.3. The maximum atomic E-state index is 13.3. The number of urea groups is 1. The van der Waals surface area contributed by atoms with Gasteiger partial charge in [-0.25, -0.2) is 9.69 Å². The van der Waals surface area contributed by atoms with Crippen LogP contribution < -0.4 is 19.7 Å². The van der Waals surface area contributed by atoms with Crippen LogP contribution in [0.4, 0.5) is 10.5 Å². The lowest BCUT2D eigenvalue weighted by Crippen LogP contribution is -2.54. The number of hydrogen-bond acceptors (Lipinski definition) is 5. The second-order valence-corrected chi connectivity index (χ2v) is 10.6. The van der Waals surface area contributed by atoms with Crippen LogP contribution in [0.2, 0.25) is 10.0 Å². The van der Waals surface area contributed by atoms with Crippen LogP contribution in [0.15, 0.2) is 101 Å². The molecule has 5 rings (SSSR count). The van der Waals surface area contributed by atoms with Gasteiger partial charge in [0.15, 0.2) is 0 Å². The first-order valence-corrected chi connectivity index (χ1v) is 13.9. The zero-order valence-corrected chi connectivity index (χ0v) is 24.4. The van der Waals surface area contributed by atoms with Crippen LogP contribution in [0.25, 0.3) is 6.08 Å². The molecule has 206 valence electrons. The van der Waals surface area contributed by atoms with Crippen LogP contribution in [-0.4, -0.2) is 17.8 Å². The van der Waals surface area contributed by atoms with Crippen molar-refractivity contribution in [3.63, 3.8) is 0 Å². The van der Waals surface area contributed by atoms with Gasteiger partial charge in [-0.2, -0.15) is 0 Å². The van der Waals surface area contributed by atoms with E-state index in [-0.39, 0.29) is 17.9 Å². The Morgan fingerprint density at radius 2 is 1.61 bits per heavy atom. The first kappa shape index (κ1) is 28.4. The van der Waals surface area contributed by atoms with E-state index in [4.69, 9.17) is 32.7 Å². The summed E-state index contributed by atoms with van der Waals surface area (Å²) in [6, 6.07) is 25.4. The topological polar surface area (TPSA) is 84.9 Å². The van der Waals surface area contributed by atoms with E-state index in [1.54, 1.807) is 54.6 Å². The third-order valence-electron chi connectivity index (χ3n) is 6.10. The summed E-state index contributed by atoms with van der Waals surface area (Å²) < 4.78 is 12.3. The number of halogens is 3. The molecule has 4 amide bonds. The van der Waals surface area contributed by atoms with Crippen molar-refractivity contribution in [1.29, 1.82) is 0 Å². The molecule has 7 nitrogen and oxygen atoms in total. The number of amides is 4. The Balaban J connectivity index is 1.29. The molecule has 1 saturated heterocycles. The molecule has 0 radical (unpaired) electrons. The summed E-state index contributed by atoms with van der Waals surface area (Å²) in [5.74, 6) is -0.442. The molecule has 0 bridgehead atoms. The lowest BCUT2D eigenvalue weighted by atomic mass is 10.1. The summed E-state index contributed by atoms with van der Waals surface area (Å²) in [6.45, 7) is 0.560. The SMILES string of the molecule is O=C1NC(=O)N(c2ccc(OCc3ccccc3Cl)cc2)C(=O)/C1=C/c1ccc(OCc2cccc(Cl)c2)c(Br)c1. The zero-order valence-electron chi connectivity index (χ0n) is 21.3. The third-order valence-corrected chi connectivity index (χ3v) is 7.32. The standard InChI is InChI=1S/C31H21BrCl2N2O5/c32-26-16-19(8-13-28(26)41-17-20-4-3-6-22(33)14-20)15-25-29(37)35-31(39)36(30(25)38)23-9-11-24(12-10-23)40-18-21-5-1-2-7-27(21)34/h1-16H,17-18H2,(H,35,37,39)/b25-15+. The van der Waals surface area contributed by atoms with Gasteiger partial charge in [-0.1, -0.05) is 59.6 Å². The monoisotopic (exact) mass is 650 g/mol. The molecule has 0 spiro atoms. The molecule has 1 fully saturated rings. The van der Waals surface area contributed by atoms with Gasteiger partial charge in [-0.3, -0.25) is 14.9 Å². The predicted molar refractivity (Wildman–Crippen MR) is 161 cm³/mol. The van der Waals surface area contributed by atoms with Crippen molar-refractivity contribution in [2.75, 3.05) is 4.90 Å². The van der Waals surface area contributed by atoms with Crippen LogP contribution >= 0.6 is 39.1 Å². The first-order chi connectivity index (χ1) is 19.8. The van der Waals surface area contributed by atoms with Crippen molar-refractivity contribution in [3.05, 3.63) is 128 Å². The van der Waals surface area contributed by atoms with Crippen LogP contribution in [-0.2, 0) is 22.8 Å². The number of benzene rings is 4. The zero-order chi connectivity index (χ0) is 28.9. The minimum Gasteiger partial charge on any atom is -0.489 e. The third kappa shape index (κ3) is 6.79. The molecule has 10 heteroatoms. The number of carbonyl (C=O) groups is 3. The van der Waals surface area contributed by atoms with Crippen molar-refractivity contribution in [3.8, 4) is 11.5 Å². The molecule has 41 heavy (non-hydrogen) atoms. The van der Waals surface area contributed by atoms with Gasteiger partial charge < -0.3 is 9.47 Å². The fourth-order valence-corrected chi connectivity index (χ4v) is 4.95. The van der Waals surface area contributed by atoms with E-state index in [1.165, 1.54) is 6.08 Å². The van der Waals surface area contributed by atoms with Crippen LogP contribution in [0.3, 0.4) is 0 Å². The number of anilines is 1. The van der Waals surface area contributed by atoms with Crippen molar-refractivity contribution in [2.45, 2.75) is 13.2 Å². The molecule has 0 aliphatic carbocycles. The molecule has 0 saturated carbocycles. The van der Waals surface area contributed by atoms with Gasteiger partial charge in [0, 0.05) is 15.6 Å². The lowest BCUT2D eigenvalue weighted by molar-refractivity contribution is -0.122. The Hall–Kier alpha value is -4.11. The van der Waals surface area contributed by atoms with Crippen molar-refractivity contribution in [2.24, 2.45) is 0 Å². The number of imide groups is 2. The molecule has 1 heterocycles. The molecule has 0 aromatic heterocycles. The van der Waals surface area contributed by atoms with E-state index in [2.05, 4.69) is 21.2 Å². The summed E-state index contributed by atoms with van der Waals surface area (Å²) in [6.07, 6.45) is 1.42. The van der Waals surface area contributed by atoms with Crippen LogP contribution in [0.1, 0.15) is 16.7 Å². The molecule has 1 aliphatic heterocycles. The molecule has 4 aromatic rings. The van der Waals surface area contributed by atoms with E-state index in [9.17, 15) is 14.4 Å². The Morgan fingerprint density at radius 1 is 0.829 bits per heavy atom. The van der Waals surface area contributed by atoms with Gasteiger partial charge in [0.25, 0.3) is 11.8 Å². The fraction of sp³-hybridized carbons (Fsp3) is 0.0645. The average Bonchev–Trinajstić information content (AvgIpc) is 2.95.